The Hall–Kier alpha value is -4.71. The number of fused-ring (bicyclic) bond motifs is 2. The predicted molar refractivity (Wildman–Crippen MR) is 152 cm³/mol. The normalized spacial score (nSPS) is 11.9. The highest BCUT2D eigenvalue weighted by molar-refractivity contribution is 5.99. The van der Waals surface area contributed by atoms with Gasteiger partial charge in [0.1, 0.15) is 11.5 Å². The summed E-state index contributed by atoms with van der Waals surface area (Å²) in [6, 6.07) is 25.8. The Balaban J connectivity index is 1.60. The van der Waals surface area contributed by atoms with E-state index >= 15 is 0 Å². The molecule has 38 heavy (non-hydrogen) atoms. The second kappa shape index (κ2) is 8.70. The molecule has 6 rings (SSSR count). The molecule has 6 heteroatoms. The number of rotatable bonds is 4. The molecule has 0 saturated heterocycles. The first kappa shape index (κ1) is 23.7. The van der Waals surface area contributed by atoms with E-state index in [4.69, 9.17) is 4.98 Å². The van der Waals surface area contributed by atoms with Crippen molar-refractivity contribution in [3.8, 4) is 33.8 Å². The van der Waals surface area contributed by atoms with E-state index in [0.29, 0.717) is 5.69 Å². The molecule has 3 aromatic heterocycles. The molecule has 2 N–H and O–H groups in total. The molecule has 0 spiro atoms. The summed E-state index contributed by atoms with van der Waals surface area (Å²) in [4.78, 5) is 25.1. The van der Waals surface area contributed by atoms with Crippen molar-refractivity contribution in [2.24, 2.45) is 7.05 Å². The second-order valence-electron chi connectivity index (χ2n) is 10.7. The molecule has 0 fully saturated rings. The molecule has 0 aliphatic carbocycles. The van der Waals surface area contributed by atoms with Crippen molar-refractivity contribution in [1.82, 2.24) is 19.5 Å². The maximum Gasteiger partial charge on any atom is 0.354 e. The molecule has 0 aliphatic heterocycles. The van der Waals surface area contributed by atoms with E-state index in [9.17, 15) is 9.90 Å². The number of aromatic amines is 1. The van der Waals surface area contributed by atoms with Gasteiger partial charge in [0.25, 0.3) is 0 Å². The quantitative estimate of drug-likeness (QED) is 0.263. The van der Waals surface area contributed by atoms with Crippen LogP contribution in [0.3, 0.4) is 0 Å². The Kier molecular flexibility index (Phi) is 5.42. The summed E-state index contributed by atoms with van der Waals surface area (Å²) in [5, 5.41) is 11.0. The molecule has 0 unspecified atom stereocenters. The molecular formula is C32H28N4O2. The lowest BCUT2D eigenvalue weighted by Gasteiger charge is -2.20. The molecule has 188 valence electrons. The number of carbonyl (C=O) groups is 1. The third-order valence-corrected chi connectivity index (χ3v) is 7.11. The number of aryl methyl sites for hydroxylation is 1. The summed E-state index contributed by atoms with van der Waals surface area (Å²) in [5.74, 6) is -0.227. The number of pyridine rings is 1. The molecule has 0 aliphatic rings. The van der Waals surface area contributed by atoms with Crippen molar-refractivity contribution in [1.29, 1.82) is 0 Å². The van der Waals surface area contributed by atoms with Crippen LogP contribution in [0.1, 0.15) is 36.8 Å². The second-order valence-corrected chi connectivity index (χ2v) is 10.7. The molecular weight excluding hydrogens is 472 g/mol. The van der Waals surface area contributed by atoms with Crippen molar-refractivity contribution in [3.05, 3.63) is 96.3 Å². The van der Waals surface area contributed by atoms with Crippen molar-refractivity contribution in [2.75, 3.05) is 0 Å². The minimum absolute atomic E-state index is 0.000447. The van der Waals surface area contributed by atoms with Gasteiger partial charge in [0.2, 0.25) is 0 Å². The number of aromatic nitrogens is 4. The lowest BCUT2D eigenvalue weighted by molar-refractivity contribution is 0.0690. The van der Waals surface area contributed by atoms with Crippen LogP contribution < -0.4 is 0 Å². The summed E-state index contributed by atoms with van der Waals surface area (Å²) in [5.41, 5.74) is 8.09. The Bertz CT molecular complexity index is 1840. The van der Waals surface area contributed by atoms with Crippen LogP contribution in [0.15, 0.2) is 85.1 Å². The van der Waals surface area contributed by atoms with Gasteiger partial charge in [-0.25, -0.2) is 14.8 Å². The first-order valence-electron chi connectivity index (χ1n) is 12.6. The van der Waals surface area contributed by atoms with Crippen LogP contribution in [0.2, 0.25) is 0 Å². The van der Waals surface area contributed by atoms with Crippen LogP contribution in [0.25, 0.3) is 55.7 Å². The number of nitrogens with zero attached hydrogens (tertiary/aromatic N) is 3. The predicted octanol–water partition coefficient (Wildman–Crippen LogP) is 7.45. The number of aromatic carboxylic acids is 1. The fourth-order valence-electron chi connectivity index (χ4n) is 5.02. The molecule has 0 atom stereocenters. The van der Waals surface area contributed by atoms with Crippen molar-refractivity contribution in [2.45, 2.75) is 26.2 Å². The Morgan fingerprint density at radius 3 is 2.39 bits per heavy atom. The van der Waals surface area contributed by atoms with E-state index in [1.54, 1.807) is 6.07 Å². The lowest BCUT2D eigenvalue weighted by Crippen LogP contribution is -2.11. The van der Waals surface area contributed by atoms with Crippen LogP contribution >= 0.6 is 0 Å². The van der Waals surface area contributed by atoms with E-state index < -0.39 is 5.97 Å². The zero-order valence-corrected chi connectivity index (χ0v) is 21.8. The van der Waals surface area contributed by atoms with Gasteiger partial charge in [-0.05, 0) is 58.5 Å². The number of para-hydroxylation sites is 1. The van der Waals surface area contributed by atoms with E-state index in [0.717, 1.165) is 50.0 Å². The van der Waals surface area contributed by atoms with Crippen molar-refractivity contribution < 1.29 is 9.90 Å². The van der Waals surface area contributed by atoms with Gasteiger partial charge in [0, 0.05) is 29.8 Å². The first-order chi connectivity index (χ1) is 18.2. The fourth-order valence-corrected chi connectivity index (χ4v) is 5.02. The number of nitrogens with one attached hydrogen (secondary N) is 1. The zero-order valence-electron chi connectivity index (χ0n) is 21.8. The van der Waals surface area contributed by atoms with Crippen molar-refractivity contribution >= 4 is 27.9 Å². The maximum absolute atomic E-state index is 12.0. The number of H-pyrrole nitrogens is 1. The zero-order chi connectivity index (χ0) is 26.6. The number of benzene rings is 3. The Morgan fingerprint density at radius 1 is 0.868 bits per heavy atom. The van der Waals surface area contributed by atoms with E-state index in [1.807, 2.05) is 67.8 Å². The molecule has 3 aromatic carbocycles. The maximum atomic E-state index is 12.0. The summed E-state index contributed by atoms with van der Waals surface area (Å²) in [6.07, 6.45) is 1.96. The SMILES string of the molecule is Cn1c(-c2cc(C(C)(C)C)cc3cc[nH]c23)nc2c(-c3cc(-c4ccccc4)cc(C(=O)O)n3)cccc21. The van der Waals surface area contributed by atoms with E-state index in [1.165, 1.54) is 5.56 Å². The topological polar surface area (TPSA) is 83.8 Å². The van der Waals surface area contributed by atoms with Gasteiger partial charge in [-0.1, -0.05) is 63.2 Å². The van der Waals surface area contributed by atoms with E-state index in [-0.39, 0.29) is 11.1 Å². The van der Waals surface area contributed by atoms with Crippen LogP contribution in [0.4, 0.5) is 0 Å². The smallest absolute Gasteiger partial charge is 0.354 e. The van der Waals surface area contributed by atoms with Gasteiger partial charge in [0.05, 0.1) is 22.2 Å². The standard InChI is InChI=1S/C32H28N4O2/c1-32(2,3)22-15-20-13-14-33-28(20)24(18-22)30-35-29-23(11-8-12-27(29)36(30)4)25-16-21(17-26(34-25)31(37)38)19-9-6-5-7-10-19/h5-18,33H,1-4H3,(H,37,38). The number of hydrogen-bond donors (Lipinski definition) is 2. The van der Waals surface area contributed by atoms with Crippen LogP contribution in [-0.2, 0) is 12.5 Å². The number of hydrogen-bond acceptors (Lipinski definition) is 3. The lowest BCUT2D eigenvalue weighted by atomic mass is 9.85. The first-order valence-corrected chi connectivity index (χ1v) is 12.6. The van der Waals surface area contributed by atoms with E-state index in [2.05, 4.69) is 53.5 Å². The Morgan fingerprint density at radius 2 is 1.66 bits per heavy atom. The van der Waals surface area contributed by atoms with Gasteiger partial charge in [0.15, 0.2) is 0 Å². The van der Waals surface area contributed by atoms with Gasteiger partial charge < -0.3 is 14.7 Å². The highest BCUT2D eigenvalue weighted by Gasteiger charge is 2.22. The third-order valence-electron chi connectivity index (χ3n) is 7.11. The van der Waals surface area contributed by atoms with Crippen LogP contribution in [0.5, 0.6) is 0 Å². The number of imidazole rings is 1. The summed E-state index contributed by atoms with van der Waals surface area (Å²) >= 11 is 0. The van der Waals surface area contributed by atoms with Gasteiger partial charge >= 0.3 is 5.97 Å². The monoisotopic (exact) mass is 500 g/mol. The Labute approximate surface area is 220 Å². The molecule has 0 bridgehead atoms. The van der Waals surface area contributed by atoms with Crippen molar-refractivity contribution in [3.63, 3.8) is 0 Å². The molecule has 0 radical (unpaired) electrons. The summed E-state index contributed by atoms with van der Waals surface area (Å²) in [7, 11) is 2.02. The number of carboxylic acids is 1. The fraction of sp³-hybridized carbons (Fsp3) is 0.156. The average Bonchev–Trinajstić information content (AvgIpc) is 3.52. The average molecular weight is 501 g/mol. The van der Waals surface area contributed by atoms with Gasteiger partial charge in [-0.3, -0.25) is 0 Å². The molecule has 0 saturated carbocycles. The van der Waals surface area contributed by atoms with Gasteiger partial charge in [-0.2, -0.15) is 0 Å². The number of carboxylic acid groups (broad SMARTS) is 1. The highest BCUT2D eigenvalue weighted by Crippen LogP contribution is 2.37. The highest BCUT2D eigenvalue weighted by atomic mass is 16.4. The van der Waals surface area contributed by atoms with Gasteiger partial charge in [-0.15, -0.1) is 0 Å². The van der Waals surface area contributed by atoms with Crippen LogP contribution in [0, 0.1) is 0 Å². The summed E-state index contributed by atoms with van der Waals surface area (Å²) in [6.45, 7) is 6.63. The third kappa shape index (κ3) is 3.95. The largest absolute Gasteiger partial charge is 0.477 e. The summed E-state index contributed by atoms with van der Waals surface area (Å²) < 4.78 is 2.10. The molecule has 3 heterocycles. The molecule has 0 amide bonds. The minimum atomic E-state index is -1.06. The molecule has 6 nitrogen and oxygen atoms in total. The molecule has 6 aromatic rings. The minimum Gasteiger partial charge on any atom is -0.477 e. The van der Waals surface area contributed by atoms with Crippen LogP contribution in [-0.4, -0.2) is 30.6 Å².